The Bertz CT molecular complexity index is 112. The van der Waals surface area contributed by atoms with E-state index < -0.39 is 0 Å². The van der Waals surface area contributed by atoms with E-state index in [1.165, 1.54) is 44.9 Å². The zero-order chi connectivity index (χ0) is 7.94. The normalized spacial score (nSPS) is 21.2. The van der Waals surface area contributed by atoms with Gasteiger partial charge in [-0.15, -0.1) is 0 Å². The van der Waals surface area contributed by atoms with Gasteiger partial charge in [-0.1, -0.05) is 60.8 Å². The molecule has 1 rings (SSSR count). The minimum atomic E-state index is 1.05. The molecular formula is C10H17I. The average Bonchev–Trinajstić information content (AvgIpc) is 2.07. The highest BCUT2D eigenvalue weighted by molar-refractivity contribution is 14.1. The molecule has 0 N–H and O–H groups in total. The van der Waals surface area contributed by atoms with E-state index in [9.17, 15) is 0 Å². The largest absolute Gasteiger partial charge is 0.0784 e. The summed E-state index contributed by atoms with van der Waals surface area (Å²) in [5.41, 5.74) is 0. The molecular weight excluding hydrogens is 247 g/mol. The van der Waals surface area contributed by atoms with Gasteiger partial charge in [0.25, 0.3) is 0 Å². The van der Waals surface area contributed by atoms with Crippen LogP contribution in [0.25, 0.3) is 0 Å². The van der Waals surface area contributed by atoms with Crippen molar-refractivity contribution in [1.29, 1.82) is 0 Å². The molecule has 0 bridgehead atoms. The summed E-state index contributed by atoms with van der Waals surface area (Å²) in [5.74, 6) is 1.05. The van der Waals surface area contributed by atoms with Crippen LogP contribution < -0.4 is 0 Å². The Kier molecular flexibility index (Phi) is 5.25. The smallest absolute Gasteiger partial charge is 0.0274 e. The van der Waals surface area contributed by atoms with E-state index in [4.69, 9.17) is 0 Å². The lowest BCUT2D eigenvalue weighted by Gasteiger charge is -2.20. The van der Waals surface area contributed by atoms with Crippen molar-refractivity contribution >= 4 is 22.6 Å². The van der Waals surface area contributed by atoms with E-state index in [0.29, 0.717) is 0 Å². The minimum Gasteiger partial charge on any atom is -0.0784 e. The topological polar surface area (TPSA) is 0 Å². The highest BCUT2D eigenvalue weighted by Crippen LogP contribution is 2.27. The lowest BCUT2D eigenvalue weighted by atomic mass is 9.86. The monoisotopic (exact) mass is 264 g/mol. The SMILES string of the molecule is I/C=C/CCC1CCCCC1. The maximum Gasteiger partial charge on any atom is -0.0274 e. The van der Waals surface area contributed by atoms with Crippen molar-refractivity contribution in [1.82, 2.24) is 0 Å². The Labute approximate surface area is 83.6 Å². The molecule has 1 saturated carbocycles. The van der Waals surface area contributed by atoms with Crippen molar-refractivity contribution in [2.75, 3.05) is 0 Å². The van der Waals surface area contributed by atoms with Gasteiger partial charge in [-0.2, -0.15) is 0 Å². The molecule has 1 aliphatic carbocycles. The average molecular weight is 264 g/mol. The quantitative estimate of drug-likeness (QED) is 0.667. The van der Waals surface area contributed by atoms with Crippen molar-refractivity contribution in [3.63, 3.8) is 0 Å². The van der Waals surface area contributed by atoms with Crippen LogP contribution in [-0.4, -0.2) is 0 Å². The third kappa shape index (κ3) is 4.14. The van der Waals surface area contributed by atoms with Crippen molar-refractivity contribution in [3.05, 3.63) is 10.2 Å². The summed E-state index contributed by atoms with van der Waals surface area (Å²) in [5, 5.41) is 0. The first-order valence-corrected chi connectivity index (χ1v) is 5.93. The van der Waals surface area contributed by atoms with Crippen LogP contribution in [0.1, 0.15) is 44.9 Å². The van der Waals surface area contributed by atoms with Gasteiger partial charge in [0, 0.05) is 0 Å². The lowest BCUT2D eigenvalue weighted by molar-refractivity contribution is 0.341. The first kappa shape index (κ1) is 9.56. The van der Waals surface area contributed by atoms with Gasteiger partial charge in [0.15, 0.2) is 0 Å². The van der Waals surface area contributed by atoms with E-state index in [1.54, 1.807) is 0 Å². The second-order valence-electron chi connectivity index (χ2n) is 3.44. The number of halogens is 1. The predicted octanol–water partition coefficient (Wildman–Crippen LogP) is 4.30. The molecule has 0 heterocycles. The van der Waals surface area contributed by atoms with Gasteiger partial charge < -0.3 is 0 Å². The molecule has 0 saturated heterocycles. The molecule has 0 aromatic carbocycles. The maximum atomic E-state index is 2.30. The third-order valence-electron chi connectivity index (χ3n) is 2.56. The molecule has 1 heteroatoms. The zero-order valence-electron chi connectivity index (χ0n) is 7.06. The Balaban J connectivity index is 2.04. The molecule has 1 aliphatic rings. The standard InChI is InChI=1S/C10H17I/c11-9-5-4-8-10-6-2-1-3-7-10/h5,9-10H,1-4,6-8H2/b9-5+. The van der Waals surface area contributed by atoms with Crippen LogP contribution in [0.15, 0.2) is 10.2 Å². The summed E-state index contributed by atoms with van der Waals surface area (Å²) >= 11 is 2.30. The highest BCUT2D eigenvalue weighted by atomic mass is 127. The molecule has 11 heavy (non-hydrogen) atoms. The van der Waals surface area contributed by atoms with E-state index in [-0.39, 0.29) is 0 Å². The van der Waals surface area contributed by atoms with Gasteiger partial charge in [0.1, 0.15) is 0 Å². The van der Waals surface area contributed by atoms with Gasteiger partial charge in [0.2, 0.25) is 0 Å². The predicted molar refractivity (Wildman–Crippen MR) is 59.0 cm³/mol. The Morgan fingerprint density at radius 1 is 1.18 bits per heavy atom. The van der Waals surface area contributed by atoms with Crippen molar-refractivity contribution in [2.24, 2.45) is 5.92 Å². The Hall–Kier alpha value is 0.470. The van der Waals surface area contributed by atoms with Gasteiger partial charge in [-0.25, -0.2) is 0 Å². The highest BCUT2D eigenvalue weighted by Gasteiger charge is 2.11. The molecule has 0 nitrogen and oxygen atoms in total. The van der Waals surface area contributed by atoms with Crippen LogP contribution in [0, 0.1) is 5.92 Å². The van der Waals surface area contributed by atoms with E-state index in [0.717, 1.165) is 5.92 Å². The van der Waals surface area contributed by atoms with Crippen LogP contribution in [0.2, 0.25) is 0 Å². The first-order valence-electron chi connectivity index (χ1n) is 4.68. The van der Waals surface area contributed by atoms with Gasteiger partial charge in [-0.3, -0.25) is 0 Å². The van der Waals surface area contributed by atoms with Crippen LogP contribution in [0.3, 0.4) is 0 Å². The summed E-state index contributed by atoms with van der Waals surface area (Å²) in [6, 6.07) is 0. The van der Waals surface area contributed by atoms with Crippen molar-refractivity contribution in [2.45, 2.75) is 44.9 Å². The van der Waals surface area contributed by atoms with Gasteiger partial charge in [0.05, 0.1) is 0 Å². The van der Waals surface area contributed by atoms with E-state index >= 15 is 0 Å². The second-order valence-corrected chi connectivity index (χ2v) is 4.16. The summed E-state index contributed by atoms with van der Waals surface area (Å²) < 4.78 is 2.14. The molecule has 0 aromatic rings. The number of rotatable bonds is 3. The molecule has 64 valence electrons. The molecule has 0 aromatic heterocycles. The zero-order valence-corrected chi connectivity index (χ0v) is 9.22. The summed E-state index contributed by atoms with van der Waals surface area (Å²) in [4.78, 5) is 0. The number of hydrogen-bond acceptors (Lipinski definition) is 0. The molecule has 0 unspecified atom stereocenters. The third-order valence-corrected chi connectivity index (χ3v) is 3.06. The molecule has 1 fully saturated rings. The van der Waals surface area contributed by atoms with Gasteiger partial charge in [-0.05, 0) is 22.8 Å². The summed E-state index contributed by atoms with van der Waals surface area (Å²) in [7, 11) is 0. The number of allylic oxidation sites excluding steroid dienone is 1. The molecule has 0 aliphatic heterocycles. The molecule has 0 atom stereocenters. The fraction of sp³-hybridized carbons (Fsp3) is 0.800. The minimum absolute atomic E-state index is 1.05. The van der Waals surface area contributed by atoms with Crippen LogP contribution >= 0.6 is 22.6 Å². The van der Waals surface area contributed by atoms with E-state index in [2.05, 4.69) is 32.7 Å². The fourth-order valence-corrected chi connectivity index (χ4v) is 2.23. The maximum absolute atomic E-state index is 2.30. The summed E-state index contributed by atoms with van der Waals surface area (Å²) in [6.07, 6.45) is 12.5. The van der Waals surface area contributed by atoms with Crippen LogP contribution in [-0.2, 0) is 0 Å². The van der Waals surface area contributed by atoms with E-state index in [1.807, 2.05) is 0 Å². The summed E-state index contributed by atoms with van der Waals surface area (Å²) in [6.45, 7) is 0. The lowest BCUT2D eigenvalue weighted by Crippen LogP contribution is -2.05. The van der Waals surface area contributed by atoms with Crippen LogP contribution in [0.4, 0.5) is 0 Å². The first-order chi connectivity index (χ1) is 5.43. The fourth-order valence-electron chi connectivity index (χ4n) is 1.87. The Morgan fingerprint density at radius 2 is 1.91 bits per heavy atom. The van der Waals surface area contributed by atoms with Gasteiger partial charge >= 0.3 is 0 Å². The number of hydrogen-bond donors (Lipinski definition) is 0. The second kappa shape index (κ2) is 6.04. The van der Waals surface area contributed by atoms with Crippen molar-refractivity contribution in [3.8, 4) is 0 Å². The molecule has 0 amide bonds. The molecule has 0 spiro atoms. The van der Waals surface area contributed by atoms with Crippen molar-refractivity contribution < 1.29 is 0 Å². The Morgan fingerprint density at radius 3 is 2.55 bits per heavy atom. The van der Waals surface area contributed by atoms with Crippen LogP contribution in [0.5, 0.6) is 0 Å². The molecule has 0 radical (unpaired) electrons.